The fourth-order valence-corrected chi connectivity index (χ4v) is 2.83. The van der Waals surface area contributed by atoms with E-state index in [1.165, 1.54) is 6.92 Å². The number of ketones is 1. The quantitative estimate of drug-likeness (QED) is 0.580. The van der Waals surface area contributed by atoms with Gasteiger partial charge in [0.25, 0.3) is 0 Å². The molecule has 0 aliphatic carbocycles. The monoisotopic (exact) mass is 383 g/mol. The van der Waals surface area contributed by atoms with Crippen molar-refractivity contribution in [1.29, 1.82) is 0 Å². The molecule has 0 fully saturated rings. The molecule has 3 rings (SSSR count). The van der Waals surface area contributed by atoms with E-state index >= 15 is 0 Å². The van der Waals surface area contributed by atoms with E-state index in [4.69, 9.17) is 14.2 Å². The molecule has 146 valence electrons. The summed E-state index contributed by atoms with van der Waals surface area (Å²) >= 11 is 0. The van der Waals surface area contributed by atoms with E-state index in [1.807, 2.05) is 30.3 Å². The smallest absolute Gasteiger partial charge is 0.329 e. The van der Waals surface area contributed by atoms with Gasteiger partial charge in [0.15, 0.2) is 23.9 Å². The van der Waals surface area contributed by atoms with Gasteiger partial charge in [0, 0.05) is 18.9 Å². The Morgan fingerprint density at radius 1 is 1.04 bits per heavy atom. The number of carbonyl (C=O) groups is 3. The lowest BCUT2D eigenvalue weighted by molar-refractivity contribution is -0.146. The summed E-state index contributed by atoms with van der Waals surface area (Å²) < 4.78 is 16.0. The first-order valence-electron chi connectivity index (χ1n) is 8.93. The van der Waals surface area contributed by atoms with Crippen LogP contribution in [0.2, 0.25) is 0 Å². The molecule has 0 bridgehead atoms. The zero-order valence-electron chi connectivity index (χ0n) is 15.5. The Morgan fingerprint density at radius 3 is 2.46 bits per heavy atom. The Kier molecular flexibility index (Phi) is 6.26. The topological polar surface area (TPSA) is 90.9 Å². The third-order valence-corrected chi connectivity index (χ3v) is 4.15. The average Bonchev–Trinajstić information content (AvgIpc) is 2.71. The molecule has 0 radical (unpaired) electrons. The molecule has 0 saturated heterocycles. The van der Waals surface area contributed by atoms with Crippen molar-refractivity contribution in [2.45, 2.75) is 19.4 Å². The summed E-state index contributed by atoms with van der Waals surface area (Å²) in [6, 6.07) is 13.2. The molecule has 1 N–H and O–H groups in total. The number of rotatable bonds is 7. The number of fused-ring (bicyclic) bond motifs is 1. The minimum absolute atomic E-state index is 0.275. The van der Waals surface area contributed by atoms with Gasteiger partial charge < -0.3 is 19.5 Å². The number of Topliss-reactive ketones (excluding diaryl/α,β-unsaturated/α-hetero) is 1. The first-order chi connectivity index (χ1) is 13.5. The maximum atomic E-state index is 12.4. The van der Waals surface area contributed by atoms with Crippen LogP contribution in [0.3, 0.4) is 0 Å². The Morgan fingerprint density at radius 2 is 1.75 bits per heavy atom. The maximum Gasteiger partial charge on any atom is 0.329 e. The second-order valence-electron chi connectivity index (χ2n) is 6.33. The molecule has 2 aromatic carbocycles. The van der Waals surface area contributed by atoms with Crippen molar-refractivity contribution in [2.24, 2.45) is 0 Å². The third-order valence-electron chi connectivity index (χ3n) is 4.15. The van der Waals surface area contributed by atoms with Gasteiger partial charge in [-0.15, -0.1) is 0 Å². The Bertz CT molecular complexity index is 864. The average molecular weight is 383 g/mol. The summed E-state index contributed by atoms with van der Waals surface area (Å²) in [6.07, 6.45) is 0.275. The number of amides is 1. The molecule has 1 amide bonds. The first-order valence-corrected chi connectivity index (χ1v) is 8.93. The SMILES string of the molecule is CC(=O)NC(Cc1ccccc1)C(=O)OCC(=O)c1ccc2c(c1)OCCO2. The predicted molar refractivity (Wildman–Crippen MR) is 100 cm³/mol. The van der Waals surface area contributed by atoms with E-state index in [-0.39, 0.29) is 18.1 Å². The van der Waals surface area contributed by atoms with Crippen molar-refractivity contribution >= 4 is 17.7 Å². The number of hydrogen-bond donors (Lipinski definition) is 1. The summed E-state index contributed by atoms with van der Waals surface area (Å²) in [4.78, 5) is 36.2. The second kappa shape index (κ2) is 9.03. The Balaban J connectivity index is 1.61. The number of carbonyl (C=O) groups excluding carboxylic acids is 3. The minimum Gasteiger partial charge on any atom is -0.486 e. The first kappa shape index (κ1) is 19.4. The summed E-state index contributed by atoms with van der Waals surface area (Å²) in [5.41, 5.74) is 1.23. The summed E-state index contributed by atoms with van der Waals surface area (Å²) in [6.45, 7) is 1.77. The molecule has 0 saturated carbocycles. The van der Waals surface area contributed by atoms with Crippen LogP contribution in [0.4, 0.5) is 0 Å². The molecule has 0 aromatic heterocycles. The summed E-state index contributed by atoms with van der Waals surface area (Å²) in [7, 11) is 0. The van der Waals surface area contributed by atoms with E-state index in [0.29, 0.717) is 30.3 Å². The predicted octanol–water partition coefficient (Wildman–Crippen LogP) is 1.93. The Hall–Kier alpha value is -3.35. The molecule has 1 unspecified atom stereocenters. The van der Waals surface area contributed by atoms with Gasteiger partial charge >= 0.3 is 5.97 Å². The zero-order chi connectivity index (χ0) is 19.9. The van der Waals surface area contributed by atoms with Crippen LogP contribution in [0.15, 0.2) is 48.5 Å². The van der Waals surface area contributed by atoms with Gasteiger partial charge in [-0.25, -0.2) is 4.79 Å². The highest BCUT2D eigenvalue weighted by Gasteiger charge is 2.23. The standard InChI is InChI=1S/C21H21NO6/c1-14(23)22-17(11-15-5-3-2-4-6-15)21(25)28-13-18(24)16-7-8-19-20(12-16)27-10-9-26-19/h2-8,12,17H,9-11,13H2,1H3,(H,22,23). The highest BCUT2D eigenvalue weighted by atomic mass is 16.6. The maximum absolute atomic E-state index is 12.4. The molecule has 1 atom stereocenters. The van der Waals surface area contributed by atoms with Crippen molar-refractivity contribution < 1.29 is 28.6 Å². The van der Waals surface area contributed by atoms with E-state index < -0.39 is 18.6 Å². The van der Waals surface area contributed by atoms with Gasteiger partial charge in [0.1, 0.15) is 19.3 Å². The third kappa shape index (κ3) is 5.09. The lowest BCUT2D eigenvalue weighted by Crippen LogP contribution is -2.42. The lowest BCUT2D eigenvalue weighted by Gasteiger charge is -2.19. The van der Waals surface area contributed by atoms with Crippen LogP contribution >= 0.6 is 0 Å². The molecular formula is C21H21NO6. The highest BCUT2D eigenvalue weighted by Crippen LogP contribution is 2.30. The van der Waals surface area contributed by atoms with E-state index in [1.54, 1.807) is 18.2 Å². The molecule has 28 heavy (non-hydrogen) atoms. The lowest BCUT2D eigenvalue weighted by atomic mass is 10.1. The number of nitrogens with one attached hydrogen (secondary N) is 1. The van der Waals surface area contributed by atoms with Crippen LogP contribution in [-0.4, -0.2) is 43.5 Å². The number of hydrogen-bond acceptors (Lipinski definition) is 6. The molecule has 7 nitrogen and oxygen atoms in total. The van der Waals surface area contributed by atoms with Gasteiger partial charge in [-0.1, -0.05) is 30.3 Å². The zero-order valence-corrected chi connectivity index (χ0v) is 15.5. The molecule has 1 heterocycles. The highest BCUT2D eigenvalue weighted by molar-refractivity contribution is 5.98. The van der Waals surface area contributed by atoms with Crippen LogP contribution in [0, 0.1) is 0 Å². The summed E-state index contributed by atoms with van der Waals surface area (Å²) in [5, 5.41) is 2.57. The number of benzene rings is 2. The van der Waals surface area contributed by atoms with Crippen molar-refractivity contribution in [3.8, 4) is 11.5 Å². The molecule has 1 aliphatic heterocycles. The Labute approximate surface area is 162 Å². The van der Waals surface area contributed by atoms with Gasteiger partial charge in [-0.05, 0) is 23.8 Å². The number of ether oxygens (including phenoxy) is 3. The van der Waals surface area contributed by atoms with Crippen LogP contribution < -0.4 is 14.8 Å². The second-order valence-corrected chi connectivity index (χ2v) is 6.33. The number of esters is 1. The van der Waals surface area contributed by atoms with Gasteiger partial charge in [-0.3, -0.25) is 9.59 Å². The molecule has 0 spiro atoms. The molecule has 1 aliphatic rings. The van der Waals surface area contributed by atoms with E-state index in [0.717, 1.165) is 5.56 Å². The van der Waals surface area contributed by atoms with E-state index in [2.05, 4.69) is 5.32 Å². The summed E-state index contributed by atoms with van der Waals surface area (Å²) in [5.74, 6) is -0.315. The van der Waals surface area contributed by atoms with Crippen LogP contribution in [0.5, 0.6) is 11.5 Å². The van der Waals surface area contributed by atoms with Gasteiger partial charge in [0.05, 0.1) is 0 Å². The van der Waals surface area contributed by atoms with Crippen molar-refractivity contribution in [2.75, 3.05) is 19.8 Å². The van der Waals surface area contributed by atoms with Gasteiger partial charge in [-0.2, -0.15) is 0 Å². The van der Waals surface area contributed by atoms with Crippen molar-refractivity contribution in [3.63, 3.8) is 0 Å². The van der Waals surface area contributed by atoms with Gasteiger partial charge in [0.2, 0.25) is 5.91 Å². The minimum atomic E-state index is -0.868. The molecule has 2 aromatic rings. The van der Waals surface area contributed by atoms with Crippen molar-refractivity contribution in [3.05, 3.63) is 59.7 Å². The largest absolute Gasteiger partial charge is 0.486 e. The fourth-order valence-electron chi connectivity index (χ4n) is 2.83. The van der Waals surface area contributed by atoms with Crippen molar-refractivity contribution in [1.82, 2.24) is 5.32 Å². The van der Waals surface area contributed by atoms with Crippen LogP contribution in [0.25, 0.3) is 0 Å². The normalized spacial score (nSPS) is 13.3. The molecule has 7 heteroatoms. The van der Waals surface area contributed by atoms with Crippen LogP contribution in [-0.2, 0) is 20.7 Å². The molecular weight excluding hydrogens is 362 g/mol. The van der Waals surface area contributed by atoms with E-state index in [9.17, 15) is 14.4 Å². The van der Waals surface area contributed by atoms with Crippen LogP contribution in [0.1, 0.15) is 22.8 Å². The fraction of sp³-hybridized carbons (Fsp3) is 0.286.